The molecule has 0 aromatic heterocycles. The van der Waals surface area contributed by atoms with Crippen LogP contribution in [0.2, 0.25) is 0 Å². The molecule has 0 spiro atoms. The molecule has 0 bridgehead atoms. The van der Waals surface area contributed by atoms with Crippen molar-refractivity contribution in [2.45, 2.75) is 37.3 Å². The van der Waals surface area contributed by atoms with Crippen molar-refractivity contribution in [1.29, 1.82) is 0 Å². The highest BCUT2D eigenvalue weighted by Crippen LogP contribution is 2.29. The number of alkyl halides is 2. The molecule has 1 unspecified atom stereocenters. The van der Waals surface area contributed by atoms with Gasteiger partial charge in [0.25, 0.3) is 5.92 Å². The van der Waals surface area contributed by atoms with Crippen molar-refractivity contribution in [3.05, 3.63) is 0 Å². The summed E-state index contributed by atoms with van der Waals surface area (Å²) in [5.41, 5.74) is 0. The van der Waals surface area contributed by atoms with E-state index in [0.717, 1.165) is 25.6 Å². The molecule has 15 heavy (non-hydrogen) atoms. The van der Waals surface area contributed by atoms with Gasteiger partial charge in [0.2, 0.25) is 0 Å². The molecule has 2 fully saturated rings. The summed E-state index contributed by atoms with van der Waals surface area (Å²) >= 11 is 0. The lowest BCUT2D eigenvalue weighted by Crippen LogP contribution is -2.42. The third kappa shape index (κ3) is 3.09. The second-order valence-electron chi connectivity index (χ2n) is 4.61. The summed E-state index contributed by atoms with van der Waals surface area (Å²) in [4.78, 5) is 2.37. The average Bonchev–Trinajstić information content (AvgIpc) is 2.96. The fourth-order valence-electron chi connectivity index (χ4n) is 2.07. The van der Waals surface area contributed by atoms with E-state index in [4.69, 9.17) is 5.11 Å². The molecule has 1 heterocycles. The van der Waals surface area contributed by atoms with Gasteiger partial charge >= 0.3 is 0 Å². The maximum Gasteiger partial charge on any atom is 0.282 e. The van der Waals surface area contributed by atoms with Crippen LogP contribution >= 0.6 is 0 Å². The lowest BCUT2D eigenvalue weighted by Gasteiger charge is -2.19. The molecule has 1 saturated carbocycles. The minimum absolute atomic E-state index is 0.169. The van der Waals surface area contributed by atoms with E-state index in [0.29, 0.717) is 0 Å². The standard InChI is InChI=1S/C10H18F2N2O/c11-10(12,7-15)6-13-8-3-4-14(5-8)9-1-2-9/h8-9,13,15H,1-7H2. The highest BCUT2D eigenvalue weighted by atomic mass is 19.3. The van der Waals surface area contributed by atoms with E-state index in [2.05, 4.69) is 10.2 Å². The second-order valence-corrected chi connectivity index (χ2v) is 4.61. The van der Waals surface area contributed by atoms with Gasteiger partial charge in [-0.15, -0.1) is 0 Å². The number of likely N-dealkylation sites (tertiary alicyclic amines) is 1. The average molecular weight is 220 g/mol. The van der Waals surface area contributed by atoms with E-state index in [-0.39, 0.29) is 6.04 Å². The van der Waals surface area contributed by atoms with Gasteiger partial charge in [0.05, 0.1) is 6.54 Å². The molecule has 0 radical (unpaired) electrons. The number of aliphatic hydroxyl groups excluding tert-OH is 1. The maximum atomic E-state index is 12.7. The van der Waals surface area contributed by atoms with Crippen molar-refractivity contribution in [3.63, 3.8) is 0 Å². The molecule has 1 atom stereocenters. The summed E-state index contributed by atoms with van der Waals surface area (Å²) in [5.74, 6) is -2.98. The van der Waals surface area contributed by atoms with Crippen molar-refractivity contribution >= 4 is 0 Å². The Bertz CT molecular complexity index is 221. The summed E-state index contributed by atoms with van der Waals surface area (Å²) < 4.78 is 25.5. The van der Waals surface area contributed by atoms with E-state index in [1.165, 1.54) is 12.8 Å². The molecule has 1 saturated heterocycles. The minimum atomic E-state index is -2.98. The topological polar surface area (TPSA) is 35.5 Å². The molecule has 2 N–H and O–H groups in total. The Labute approximate surface area is 88.4 Å². The van der Waals surface area contributed by atoms with E-state index < -0.39 is 19.1 Å². The Morgan fingerprint density at radius 1 is 1.33 bits per heavy atom. The predicted molar refractivity (Wildman–Crippen MR) is 53.0 cm³/mol. The Morgan fingerprint density at radius 3 is 2.67 bits per heavy atom. The maximum absolute atomic E-state index is 12.7. The van der Waals surface area contributed by atoms with Crippen molar-refractivity contribution in [2.75, 3.05) is 26.2 Å². The van der Waals surface area contributed by atoms with Crippen LogP contribution in [0.25, 0.3) is 0 Å². The number of rotatable bonds is 5. The van der Waals surface area contributed by atoms with Crippen LogP contribution in [0.4, 0.5) is 8.78 Å². The van der Waals surface area contributed by atoms with E-state index >= 15 is 0 Å². The molecule has 0 aromatic carbocycles. The highest BCUT2D eigenvalue weighted by Gasteiger charge is 2.35. The van der Waals surface area contributed by atoms with Crippen LogP contribution in [0.5, 0.6) is 0 Å². The van der Waals surface area contributed by atoms with Crippen LogP contribution in [-0.4, -0.2) is 54.3 Å². The first-order chi connectivity index (χ1) is 7.11. The van der Waals surface area contributed by atoms with Crippen molar-refractivity contribution in [2.24, 2.45) is 0 Å². The molecular formula is C10H18F2N2O. The van der Waals surface area contributed by atoms with Crippen LogP contribution in [-0.2, 0) is 0 Å². The van der Waals surface area contributed by atoms with E-state index in [1.807, 2.05) is 0 Å². The lowest BCUT2D eigenvalue weighted by atomic mass is 10.2. The largest absolute Gasteiger partial charge is 0.390 e. The SMILES string of the molecule is OCC(F)(F)CNC1CCN(C2CC2)C1. The van der Waals surface area contributed by atoms with Crippen molar-refractivity contribution in [3.8, 4) is 0 Å². The lowest BCUT2D eigenvalue weighted by molar-refractivity contribution is -0.0491. The molecule has 0 aromatic rings. The van der Waals surface area contributed by atoms with Gasteiger partial charge in [-0.1, -0.05) is 0 Å². The molecule has 88 valence electrons. The Hall–Kier alpha value is -0.260. The number of nitrogens with one attached hydrogen (secondary N) is 1. The summed E-state index contributed by atoms with van der Waals surface area (Å²) in [7, 11) is 0. The van der Waals surface area contributed by atoms with Gasteiger partial charge in [-0.25, -0.2) is 8.78 Å². The summed E-state index contributed by atoms with van der Waals surface area (Å²) in [6.07, 6.45) is 3.47. The molecule has 2 rings (SSSR count). The zero-order chi connectivity index (χ0) is 10.9. The highest BCUT2D eigenvalue weighted by molar-refractivity contribution is 4.92. The fourth-order valence-corrected chi connectivity index (χ4v) is 2.07. The molecule has 5 heteroatoms. The Balaban J connectivity index is 1.68. The zero-order valence-electron chi connectivity index (χ0n) is 8.75. The van der Waals surface area contributed by atoms with Gasteiger partial charge in [0.1, 0.15) is 6.61 Å². The van der Waals surface area contributed by atoms with Crippen molar-refractivity contribution in [1.82, 2.24) is 10.2 Å². The Kier molecular flexibility index (Phi) is 3.23. The predicted octanol–water partition coefficient (Wildman–Crippen LogP) is 0.440. The summed E-state index contributed by atoms with van der Waals surface area (Å²) in [5, 5.41) is 11.3. The molecular weight excluding hydrogens is 202 g/mol. The van der Waals surface area contributed by atoms with Crippen molar-refractivity contribution < 1.29 is 13.9 Å². The van der Waals surface area contributed by atoms with Crippen LogP contribution in [0.15, 0.2) is 0 Å². The van der Waals surface area contributed by atoms with Crippen LogP contribution in [0.1, 0.15) is 19.3 Å². The quantitative estimate of drug-likeness (QED) is 0.705. The van der Waals surface area contributed by atoms with Crippen LogP contribution in [0.3, 0.4) is 0 Å². The summed E-state index contributed by atoms with van der Waals surface area (Å²) in [6.45, 7) is 0.422. The summed E-state index contributed by atoms with van der Waals surface area (Å²) in [6, 6.07) is 0.887. The molecule has 0 amide bonds. The number of hydrogen-bond donors (Lipinski definition) is 2. The van der Waals surface area contributed by atoms with Gasteiger partial charge in [0, 0.05) is 25.2 Å². The van der Waals surface area contributed by atoms with E-state index in [9.17, 15) is 8.78 Å². The third-order valence-electron chi connectivity index (χ3n) is 3.16. The number of halogens is 2. The molecule has 3 nitrogen and oxygen atoms in total. The second kappa shape index (κ2) is 4.31. The number of hydrogen-bond acceptors (Lipinski definition) is 3. The first-order valence-electron chi connectivity index (χ1n) is 5.57. The Morgan fingerprint density at radius 2 is 2.07 bits per heavy atom. The normalized spacial score (nSPS) is 28.6. The fraction of sp³-hybridized carbons (Fsp3) is 1.00. The van der Waals surface area contributed by atoms with Gasteiger partial charge in [-0.2, -0.15) is 0 Å². The first-order valence-corrected chi connectivity index (χ1v) is 5.57. The first kappa shape index (κ1) is 11.2. The monoisotopic (exact) mass is 220 g/mol. The molecule has 1 aliphatic carbocycles. The smallest absolute Gasteiger partial charge is 0.282 e. The van der Waals surface area contributed by atoms with Gasteiger partial charge in [-0.05, 0) is 19.3 Å². The number of aliphatic hydroxyl groups is 1. The minimum Gasteiger partial charge on any atom is -0.390 e. The van der Waals surface area contributed by atoms with Gasteiger partial charge in [0.15, 0.2) is 0 Å². The van der Waals surface area contributed by atoms with Gasteiger partial charge < -0.3 is 10.4 Å². The van der Waals surface area contributed by atoms with Crippen LogP contribution in [0, 0.1) is 0 Å². The van der Waals surface area contributed by atoms with Gasteiger partial charge in [-0.3, -0.25) is 4.90 Å². The van der Waals surface area contributed by atoms with E-state index in [1.54, 1.807) is 0 Å². The molecule has 2 aliphatic rings. The third-order valence-corrected chi connectivity index (χ3v) is 3.16. The molecule has 1 aliphatic heterocycles. The van der Waals surface area contributed by atoms with Crippen LogP contribution < -0.4 is 5.32 Å². The number of nitrogens with zero attached hydrogens (tertiary/aromatic N) is 1. The zero-order valence-corrected chi connectivity index (χ0v) is 8.75.